The van der Waals surface area contributed by atoms with Gasteiger partial charge >= 0.3 is 0 Å². The molecule has 2 atom stereocenters. The molecule has 2 unspecified atom stereocenters. The van der Waals surface area contributed by atoms with Gasteiger partial charge in [-0.2, -0.15) is 0 Å². The fourth-order valence-electron chi connectivity index (χ4n) is 2.70. The maximum atomic E-state index is 4.03. The van der Waals surface area contributed by atoms with Gasteiger partial charge in [-0.3, -0.25) is 4.68 Å². The SMILES string of the molecule is CCNC(CC(C)CC(C)(C)C)c1cnnn1C. The summed E-state index contributed by atoms with van der Waals surface area (Å²) < 4.78 is 1.87. The molecule has 0 amide bonds. The third kappa shape index (κ3) is 4.77. The highest BCUT2D eigenvalue weighted by Gasteiger charge is 2.21. The van der Waals surface area contributed by atoms with Crippen LogP contribution in [0.4, 0.5) is 0 Å². The normalized spacial score (nSPS) is 15.7. The molecule has 1 rings (SSSR count). The predicted octanol–water partition coefficient (Wildman–Crippen LogP) is 2.93. The first-order valence-corrected chi connectivity index (χ1v) is 6.91. The van der Waals surface area contributed by atoms with E-state index in [1.54, 1.807) is 0 Å². The van der Waals surface area contributed by atoms with Crippen LogP contribution in [0.1, 0.15) is 59.2 Å². The maximum Gasteiger partial charge on any atom is 0.0753 e. The summed E-state index contributed by atoms with van der Waals surface area (Å²) in [6.07, 6.45) is 4.24. The van der Waals surface area contributed by atoms with E-state index in [1.807, 2.05) is 17.9 Å². The maximum absolute atomic E-state index is 4.03. The summed E-state index contributed by atoms with van der Waals surface area (Å²) in [5, 5.41) is 11.5. The number of rotatable bonds is 6. The van der Waals surface area contributed by atoms with Crippen LogP contribution in [0.2, 0.25) is 0 Å². The van der Waals surface area contributed by atoms with Gasteiger partial charge in [-0.1, -0.05) is 39.8 Å². The zero-order valence-electron chi connectivity index (χ0n) is 12.7. The van der Waals surface area contributed by atoms with Crippen molar-refractivity contribution in [3.63, 3.8) is 0 Å². The second-order valence-electron chi connectivity index (χ2n) is 6.50. The van der Waals surface area contributed by atoms with Crippen molar-refractivity contribution < 1.29 is 0 Å². The minimum Gasteiger partial charge on any atom is -0.309 e. The van der Waals surface area contributed by atoms with E-state index in [4.69, 9.17) is 0 Å². The van der Waals surface area contributed by atoms with Crippen LogP contribution in [-0.4, -0.2) is 21.5 Å². The molecule has 0 bridgehead atoms. The van der Waals surface area contributed by atoms with E-state index >= 15 is 0 Å². The van der Waals surface area contributed by atoms with Gasteiger partial charge in [0.2, 0.25) is 0 Å². The van der Waals surface area contributed by atoms with Gasteiger partial charge in [0, 0.05) is 7.05 Å². The minimum atomic E-state index is 0.354. The quantitative estimate of drug-likeness (QED) is 0.846. The van der Waals surface area contributed by atoms with Crippen LogP contribution in [-0.2, 0) is 7.05 Å². The third-order valence-electron chi connectivity index (χ3n) is 3.16. The van der Waals surface area contributed by atoms with E-state index in [-0.39, 0.29) is 0 Å². The molecule has 1 heterocycles. The Hall–Kier alpha value is -0.900. The summed E-state index contributed by atoms with van der Waals surface area (Å²) in [6.45, 7) is 12.4. The Morgan fingerprint density at radius 1 is 1.39 bits per heavy atom. The molecule has 104 valence electrons. The van der Waals surface area contributed by atoms with Crippen molar-refractivity contribution in [2.24, 2.45) is 18.4 Å². The summed E-state index contributed by atoms with van der Waals surface area (Å²) in [5.41, 5.74) is 1.57. The monoisotopic (exact) mass is 252 g/mol. The summed E-state index contributed by atoms with van der Waals surface area (Å²) in [5.74, 6) is 0.684. The van der Waals surface area contributed by atoms with E-state index in [1.165, 1.54) is 12.1 Å². The van der Waals surface area contributed by atoms with Crippen LogP contribution in [0, 0.1) is 11.3 Å². The molecule has 0 saturated carbocycles. The minimum absolute atomic E-state index is 0.354. The molecule has 18 heavy (non-hydrogen) atoms. The Morgan fingerprint density at radius 2 is 2.06 bits per heavy atom. The lowest BCUT2D eigenvalue weighted by molar-refractivity contribution is 0.273. The van der Waals surface area contributed by atoms with Crippen molar-refractivity contribution in [1.29, 1.82) is 0 Å². The van der Waals surface area contributed by atoms with Crippen molar-refractivity contribution in [2.45, 2.75) is 53.5 Å². The van der Waals surface area contributed by atoms with Crippen molar-refractivity contribution in [2.75, 3.05) is 6.54 Å². The van der Waals surface area contributed by atoms with Crippen LogP contribution in [0.25, 0.3) is 0 Å². The van der Waals surface area contributed by atoms with E-state index < -0.39 is 0 Å². The Balaban J connectivity index is 2.67. The summed E-state index contributed by atoms with van der Waals surface area (Å²) >= 11 is 0. The lowest BCUT2D eigenvalue weighted by atomic mass is 9.82. The molecule has 0 radical (unpaired) electrons. The molecule has 4 heteroatoms. The van der Waals surface area contributed by atoms with Crippen LogP contribution < -0.4 is 5.32 Å². The molecular formula is C14H28N4. The van der Waals surface area contributed by atoms with Crippen molar-refractivity contribution in [3.8, 4) is 0 Å². The first-order valence-electron chi connectivity index (χ1n) is 6.91. The smallest absolute Gasteiger partial charge is 0.0753 e. The number of aromatic nitrogens is 3. The molecule has 4 nitrogen and oxygen atoms in total. The first-order chi connectivity index (χ1) is 8.33. The van der Waals surface area contributed by atoms with Crippen LogP contribution in [0.15, 0.2) is 6.20 Å². The highest BCUT2D eigenvalue weighted by Crippen LogP contribution is 2.30. The molecule has 0 aliphatic heterocycles. The highest BCUT2D eigenvalue weighted by atomic mass is 15.4. The second-order valence-corrected chi connectivity index (χ2v) is 6.50. The predicted molar refractivity (Wildman–Crippen MR) is 75.3 cm³/mol. The van der Waals surface area contributed by atoms with Crippen molar-refractivity contribution in [3.05, 3.63) is 11.9 Å². The molecule has 0 aromatic carbocycles. The van der Waals surface area contributed by atoms with Crippen LogP contribution in [0.5, 0.6) is 0 Å². The van der Waals surface area contributed by atoms with Gasteiger partial charge in [0.15, 0.2) is 0 Å². The number of nitrogens with one attached hydrogen (secondary N) is 1. The summed E-state index contributed by atoms with van der Waals surface area (Å²) in [7, 11) is 1.96. The van der Waals surface area contributed by atoms with Crippen LogP contribution in [0.3, 0.4) is 0 Å². The van der Waals surface area contributed by atoms with E-state index in [0.717, 1.165) is 13.0 Å². The lowest BCUT2D eigenvalue weighted by Gasteiger charge is -2.27. The Bertz CT molecular complexity index is 351. The molecule has 0 spiro atoms. The fourth-order valence-corrected chi connectivity index (χ4v) is 2.70. The molecule has 0 saturated heterocycles. The molecule has 1 aromatic rings. The van der Waals surface area contributed by atoms with Crippen LogP contribution >= 0.6 is 0 Å². The zero-order valence-corrected chi connectivity index (χ0v) is 12.7. The Morgan fingerprint density at radius 3 is 2.50 bits per heavy atom. The van der Waals surface area contributed by atoms with E-state index in [0.29, 0.717) is 17.4 Å². The second kappa shape index (κ2) is 6.32. The standard InChI is InChI=1S/C14H28N4/c1-7-15-12(13-10-16-17-18(13)6)8-11(2)9-14(3,4)5/h10-12,15H,7-9H2,1-6H3. The third-order valence-corrected chi connectivity index (χ3v) is 3.16. The van der Waals surface area contributed by atoms with Gasteiger partial charge in [-0.05, 0) is 30.7 Å². The van der Waals surface area contributed by atoms with E-state index in [9.17, 15) is 0 Å². The molecule has 0 fully saturated rings. The lowest BCUT2D eigenvalue weighted by Crippen LogP contribution is -2.26. The average Bonchev–Trinajstić information content (AvgIpc) is 2.60. The molecule has 1 N–H and O–H groups in total. The number of nitrogens with zero attached hydrogens (tertiary/aromatic N) is 3. The average molecular weight is 252 g/mol. The van der Waals surface area contributed by atoms with Crippen molar-refractivity contribution in [1.82, 2.24) is 20.3 Å². The van der Waals surface area contributed by atoms with Crippen molar-refractivity contribution >= 4 is 0 Å². The van der Waals surface area contributed by atoms with E-state index in [2.05, 4.69) is 50.2 Å². The molecular weight excluding hydrogens is 224 g/mol. The zero-order chi connectivity index (χ0) is 13.8. The molecule has 0 aliphatic carbocycles. The van der Waals surface area contributed by atoms with Gasteiger partial charge in [0.1, 0.15) is 0 Å². The first kappa shape index (κ1) is 15.2. The number of aryl methyl sites for hydroxylation is 1. The molecule has 0 aliphatic rings. The van der Waals surface area contributed by atoms with Gasteiger partial charge in [-0.15, -0.1) is 5.10 Å². The molecule has 1 aromatic heterocycles. The largest absolute Gasteiger partial charge is 0.309 e. The van der Waals surface area contributed by atoms with Gasteiger partial charge in [0.05, 0.1) is 17.9 Å². The van der Waals surface area contributed by atoms with Gasteiger partial charge in [0.25, 0.3) is 0 Å². The van der Waals surface area contributed by atoms with Gasteiger partial charge in [-0.25, -0.2) is 0 Å². The van der Waals surface area contributed by atoms with Gasteiger partial charge < -0.3 is 5.32 Å². The topological polar surface area (TPSA) is 42.7 Å². The fraction of sp³-hybridized carbons (Fsp3) is 0.857. The Labute approximate surface area is 111 Å². The number of hydrogen-bond acceptors (Lipinski definition) is 3. The Kier molecular flexibility index (Phi) is 5.32. The highest BCUT2D eigenvalue weighted by molar-refractivity contribution is 5.02. The summed E-state index contributed by atoms with van der Waals surface area (Å²) in [4.78, 5) is 0. The summed E-state index contributed by atoms with van der Waals surface area (Å²) in [6, 6.07) is 0.354. The number of hydrogen-bond donors (Lipinski definition) is 1.